The molecule has 0 radical (unpaired) electrons. The molecule has 0 bridgehead atoms. The van der Waals surface area contributed by atoms with Crippen LogP contribution in [0.1, 0.15) is 18.4 Å². The van der Waals surface area contributed by atoms with Crippen molar-refractivity contribution in [3.8, 4) is 5.75 Å². The summed E-state index contributed by atoms with van der Waals surface area (Å²) in [5.41, 5.74) is 1.14. The lowest BCUT2D eigenvalue weighted by molar-refractivity contribution is -0.126. The van der Waals surface area contributed by atoms with Gasteiger partial charge in [0.25, 0.3) is 0 Å². The summed E-state index contributed by atoms with van der Waals surface area (Å²) in [7, 11) is 3.56. The zero-order valence-electron chi connectivity index (χ0n) is 12.0. The molecule has 2 rings (SSSR count). The molecule has 0 spiro atoms. The minimum Gasteiger partial charge on any atom is -0.497 e. The van der Waals surface area contributed by atoms with Crippen molar-refractivity contribution in [2.75, 3.05) is 26.5 Å². The first-order chi connectivity index (χ1) is 9.70. The molecule has 0 aromatic heterocycles. The van der Waals surface area contributed by atoms with Gasteiger partial charge in [-0.3, -0.25) is 4.79 Å². The van der Waals surface area contributed by atoms with E-state index in [1.54, 1.807) is 18.9 Å². The number of rotatable bonds is 6. The topological polar surface area (TPSA) is 29.5 Å². The van der Waals surface area contributed by atoms with Gasteiger partial charge in [-0.05, 0) is 36.3 Å². The lowest BCUT2D eigenvalue weighted by Crippen LogP contribution is -2.23. The van der Waals surface area contributed by atoms with E-state index in [9.17, 15) is 4.79 Å². The number of carbonyl (C=O) groups is 1. The summed E-state index contributed by atoms with van der Waals surface area (Å²) in [6.07, 6.45) is 6.23. The molecular formula is C16H21NO2S. The number of hydrogen-bond donors (Lipinski definition) is 0. The van der Waals surface area contributed by atoms with Crippen molar-refractivity contribution in [3.63, 3.8) is 0 Å². The number of ether oxygens (including phenoxy) is 1. The zero-order chi connectivity index (χ0) is 14.4. The third-order valence-corrected chi connectivity index (χ3v) is 4.70. The van der Waals surface area contributed by atoms with E-state index < -0.39 is 0 Å². The molecule has 20 heavy (non-hydrogen) atoms. The summed E-state index contributed by atoms with van der Waals surface area (Å²) in [6.45, 7) is 0.899. The van der Waals surface area contributed by atoms with Crippen molar-refractivity contribution in [2.45, 2.75) is 18.1 Å². The van der Waals surface area contributed by atoms with Gasteiger partial charge in [-0.15, -0.1) is 11.8 Å². The van der Waals surface area contributed by atoms with E-state index >= 15 is 0 Å². The van der Waals surface area contributed by atoms with E-state index in [0.717, 1.165) is 36.5 Å². The molecule has 3 nitrogen and oxygen atoms in total. The van der Waals surface area contributed by atoms with Gasteiger partial charge in [0.15, 0.2) is 0 Å². The molecule has 4 heteroatoms. The Balaban J connectivity index is 1.73. The highest BCUT2D eigenvalue weighted by Gasteiger charge is 2.28. The van der Waals surface area contributed by atoms with E-state index in [4.69, 9.17) is 4.74 Å². The molecule has 1 heterocycles. The maximum Gasteiger partial charge on any atom is 0.235 e. The van der Waals surface area contributed by atoms with Crippen molar-refractivity contribution in [2.24, 2.45) is 0 Å². The van der Waals surface area contributed by atoms with Crippen LogP contribution in [0.25, 0.3) is 6.08 Å². The number of thioether (sulfide) groups is 1. The highest BCUT2D eigenvalue weighted by atomic mass is 32.2. The fourth-order valence-electron chi connectivity index (χ4n) is 2.19. The second kappa shape index (κ2) is 7.39. The third-order valence-electron chi connectivity index (χ3n) is 3.39. The van der Waals surface area contributed by atoms with Gasteiger partial charge < -0.3 is 9.64 Å². The minimum atomic E-state index is 0.171. The average molecular weight is 291 g/mol. The van der Waals surface area contributed by atoms with E-state index in [2.05, 4.69) is 18.2 Å². The van der Waals surface area contributed by atoms with Gasteiger partial charge in [0.05, 0.1) is 12.4 Å². The van der Waals surface area contributed by atoms with E-state index in [-0.39, 0.29) is 11.2 Å². The van der Waals surface area contributed by atoms with Crippen LogP contribution < -0.4 is 4.74 Å². The lowest BCUT2D eigenvalue weighted by Gasteiger charge is -2.08. The smallest absolute Gasteiger partial charge is 0.235 e. The summed E-state index contributed by atoms with van der Waals surface area (Å²) in [6, 6.07) is 8.00. The second-order valence-corrected chi connectivity index (χ2v) is 6.19. The molecule has 0 aliphatic carbocycles. The minimum absolute atomic E-state index is 0.171. The molecular weight excluding hydrogens is 270 g/mol. The number of likely N-dealkylation sites (tertiary alicyclic amines) is 1. The van der Waals surface area contributed by atoms with Crippen LogP contribution in [0, 0.1) is 0 Å². The number of carbonyl (C=O) groups excluding carboxylic acids is 1. The van der Waals surface area contributed by atoms with Crippen LogP contribution in [-0.4, -0.2) is 42.5 Å². The van der Waals surface area contributed by atoms with Gasteiger partial charge in [0.2, 0.25) is 5.91 Å². The summed E-state index contributed by atoms with van der Waals surface area (Å²) < 4.78 is 5.19. The highest BCUT2D eigenvalue weighted by molar-refractivity contribution is 8.00. The summed E-state index contributed by atoms with van der Waals surface area (Å²) in [4.78, 5) is 13.6. The van der Waals surface area contributed by atoms with Gasteiger partial charge >= 0.3 is 0 Å². The maximum atomic E-state index is 11.7. The number of methoxy groups -OCH3 is 1. The SMILES string of the molecule is COc1cccc(C=CCCSC2CCN(C)C2=O)c1. The number of nitrogens with zero attached hydrogens (tertiary/aromatic N) is 1. The molecule has 1 saturated heterocycles. The largest absolute Gasteiger partial charge is 0.497 e. The number of allylic oxidation sites excluding steroid dienone is 1. The molecule has 0 saturated carbocycles. The summed E-state index contributed by atoms with van der Waals surface area (Å²) in [5.74, 6) is 2.15. The van der Waals surface area contributed by atoms with Crippen molar-refractivity contribution in [1.29, 1.82) is 0 Å². The van der Waals surface area contributed by atoms with Crippen LogP contribution in [0.15, 0.2) is 30.3 Å². The van der Waals surface area contributed by atoms with Crippen molar-refractivity contribution < 1.29 is 9.53 Å². The average Bonchev–Trinajstić information content (AvgIpc) is 2.79. The van der Waals surface area contributed by atoms with Gasteiger partial charge in [-0.25, -0.2) is 0 Å². The van der Waals surface area contributed by atoms with Crippen LogP contribution in [0.4, 0.5) is 0 Å². The molecule has 1 amide bonds. The van der Waals surface area contributed by atoms with Crippen molar-refractivity contribution >= 4 is 23.7 Å². The fourth-order valence-corrected chi connectivity index (χ4v) is 3.34. The van der Waals surface area contributed by atoms with E-state index in [1.807, 2.05) is 30.1 Å². The Morgan fingerprint density at radius 3 is 3.05 bits per heavy atom. The van der Waals surface area contributed by atoms with Gasteiger partial charge in [0.1, 0.15) is 5.75 Å². The van der Waals surface area contributed by atoms with Gasteiger partial charge in [0, 0.05) is 13.6 Å². The maximum absolute atomic E-state index is 11.7. The van der Waals surface area contributed by atoms with Crippen LogP contribution in [0.2, 0.25) is 0 Å². The van der Waals surface area contributed by atoms with Crippen LogP contribution in [0.5, 0.6) is 5.75 Å². The van der Waals surface area contributed by atoms with Gasteiger partial charge in [-0.1, -0.05) is 24.3 Å². The third kappa shape index (κ3) is 4.04. The molecule has 1 aliphatic heterocycles. The molecule has 1 unspecified atom stereocenters. The Bertz CT molecular complexity index is 487. The monoisotopic (exact) mass is 291 g/mol. The molecule has 0 N–H and O–H groups in total. The van der Waals surface area contributed by atoms with Gasteiger partial charge in [-0.2, -0.15) is 0 Å². The Kier molecular flexibility index (Phi) is 5.53. The molecule has 1 aromatic carbocycles. The Labute approximate surface area is 125 Å². The number of hydrogen-bond acceptors (Lipinski definition) is 3. The first-order valence-corrected chi connectivity index (χ1v) is 7.93. The quantitative estimate of drug-likeness (QED) is 0.754. The van der Waals surface area contributed by atoms with Crippen LogP contribution in [0.3, 0.4) is 0 Å². The number of benzene rings is 1. The zero-order valence-corrected chi connectivity index (χ0v) is 12.9. The predicted molar refractivity (Wildman–Crippen MR) is 85.1 cm³/mol. The first-order valence-electron chi connectivity index (χ1n) is 6.88. The molecule has 1 fully saturated rings. The summed E-state index contributed by atoms with van der Waals surface area (Å²) in [5, 5.41) is 0.171. The Morgan fingerprint density at radius 2 is 2.35 bits per heavy atom. The lowest BCUT2D eigenvalue weighted by atomic mass is 10.2. The Morgan fingerprint density at radius 1 is 1.50 bits per heavy atom. The molecule has 1 aliphatic rings. The standard InChI is InChI=1S/C16H21NO2S/c1-17-10-9-15(16(17)18)20-11-4-3-6-13-7-5-8-14(12-13)19-2/h3,5-8,12,15H,4,9-11H2,1-2H3. The molecule has 108 valence electrons. The normalized spacial score (nSPS) is 19.0. The fraction of sp³-hybridized carbons (Fsp3) is 0.438. The summed E-state index contributed by atoms with van der Waals surface area (Å²) >= 11 is 1.77. The highest BCUT2D eigenvalue weighted by Crippen LogP contribution is 2.23. The first kappa shape index (κ1) is 15.0. The van der Waals surface area contributed by atoms with Crippen molar-refractivity contribution in [3.05, 3.63) is 35.9 Å². The predicted octanol–water partition coefficient (Wildman–Crippen LogP) is 3.06. The van der Waals surface area contributed by atoms with Crippen molar-refractivity contribution in [1.82, 2.24) is 4.90 Å². The number of amides is 1. The second-order valence-electron chi connectivity index (χ2n) is 4.88. The molecule has 1 atom stereocenters. The Hall–Kier alpha value is -1.42. The van der Waals surface area contributed by atoms with E-state index in [1.165, 1.54) is 0 Å². The van der Waals surface area contributed by atoms with E-state index in [0.29, 0.717) is 0 Å². The molecule has 1 aromatic rings. The van der Waals surface area contributed by atoms with Crippen LogP contribution in [-0.2, 0) is 4.79 Å². The van der Waals surface area contributed by atoms with Crippen LogP contribution >= 0.6 is 11.8 Å².